The fourth-order valence-electron chi connectivity index (χ4n) is 4.06. The van der Waals surface area contributed by atoms with Crippen molar-refractivity contribution in [3.05, 3.63) is 11.1 Å². The zero-order valence-corrected chi connectivity index (χ0v) is 28.2. The highest BCUT2D eigenvalue weighted by atomic mass is 28.5. The third-order valence-electron chi connectivity index (χ3n) is 5.21. The van der Waals surface area contributed by atoms with Gasteiger partial charge in [-0.15, -0.1) is 0 Å². The maximum Gasteiger partial charge on any atom is 0.469 e. The van der Waals surface area contributed by atoms with Crippen LogP contribution in [0.2, 0.25) is 65.0 Å². The molecule has 11 heteroatoms. The molecule has 0 radical (unpaired) electrons. The molecule has 1 unspecified atom stereocenters. The van der Waals surface area contributed by atoms with E-state index in [1.54, 1.807) is 0 Å². The molecule has 35 heavy (non-hydrogen) atoms. The van der Waals surface area contributed by atoms with Gasteiger partial charge in [0.05, 0.1) is 0 Å². The topological polar surface area (TPSA) is 102 Å². The Bertz CT molecular complexity index is 678. The summed E-state index contributed by atoms with van der Waals surface area (Å²) < 4.78 is 20.0. The first kappa shape index (κ1) is 34.4. The minimum Gasteiger partial charge on any atom is -0.478 e. The summed E-state index contributed by atoms with van der Waals surface area (Å²) in [4.78, 5) is 24.3. The Morgan fingerprint density at radius 2 is 1.14 bits per heavy atom. The van der Waals surface area contributed by atoms with Crippen molar-refractivity contribution in [3.63, 3.8) is 0 Å². The minimum absolute atomic E-state index is 0.00404. The highest BCUT2D eigenvalue weighted by Gasteiger charge is 2.49. The van der Waals surface area contributed by atoms with Crippen molar-refractivity contribution in [2.75, 3.05) is 0 Å². The molecule has 2 N–H and O–H groups in total. The fraction of sp³-hybridized carbons (Fsp3) is 0.833. The smallest absolute Gasteiger partial charge is 0.469 e. The van der Waals surface area contributed by atoms with Gasteiger partial charge < -0.3 is 22.6 Å². The number of unbranched alkanes of at least 4 members (excludes halogenated alkanes) is 1. The summed E-state index contributed by atoms with van der Waals surface area (Å²) in [6.45, 7) is 23.2. The zero-order chi connectivity index (χ0) is 27.7. The summed E-state index contributed by atoms with van der Waals surface area (Å²) in [5, 5.41) is 19.9. The van der Waals surface area contributed by atoms with Crippen LogP contribution >= 0.6 is 0 Å². The molecule has 1 atom stereocenters. The Labute approximate surface area is 218 Å². The van der Waals surface area contributed by atoms with Gasteiger partial charge in [0.2, 0.25) is 0 Å². The number of hydrogen-bond acceptors (Lipinski definition) is 5. The van der Waals surface area contributed by atoms with E-state index >= 15 is 0 Å². The lowest BCUT2D eigenvalue weighted by molar-refractivity contribution is -0.136. The van der Waals surface area contributed by atoms with Crippen LogP contribution in [-0.4, -0.2) is 55.9 Å². The SMILES string of the molecule is CCCCC(CC)C/C(C(=O)O)=C(/CCC[Si](O[Si](C)(C)C)(O[Si](C)(C)C)O[Si](C)(C)C)C(=O)O. The summed E-state index contributed by atoms with van der Waals surface area (Å²) in [6.07, 6.45) is 4.69. The first-order valence-electron chi connectivity index (χ1n) is 13.0. The lowest BCUT2D eigenvalue weighted by atomic mass is 9.89. The Balaban J connectivity index is 6.11. The van der Waals surface area contributed by atoms with Crippen LogP contribution in [0.4, 0.5) is 0 Å². The van der Waals surface area contributed by atoms with Gasteiger partial charge in [-0.1, -0.05) is 39.5 Å². The highest BCUT2D eigenvalue weighted by Crippen LogP contribution is 2.32. The predicted octanol–water partition coefficient (Wildman–Crippen LogP) is 7.33. The molecule has 0 aromatic rings. The van der Waals surface area contributed by atoms with Crippen LogP contribution in [0.5, 0.6) is 0 Å². The lowest BCUT2D eigenvalue weighted by Gasteiger charge is -2.43. The van der Waals surface area contributed by atoms with Crippen LogP contribution in [-0.2, 0) is 21.9 Å². The van der Waals surface area contributed by atoms with E-state index in [4.69, 9.17) is 12.3 Å². The van der Waals surface area contributed by atoms with Gasteiger partial charge in [-0.2, -0.15) is 0 Å². The van der Waals surface area contributed by atoms with Gasteiger partial charge in [0.15, 0.2) is 25.0 Å². The van der Waals surface area contributed by atoms with E-state index in [0.717, 1.165) is 25.7 Å². The van der Waals surface area contributed by atoms with Crippen molar-refractivity contribution in [1.29, 1.82) is 0 Å². The van der Waals surface area contributed by atoms with Crippen LogP contribution in [0.1, 0.15) is 58.8 Å². The molecule has 206 valence electrons. The van der Waals surface area contributed by atoms with E-state index in [0.29, 0.717) is 12.5 Å². The molecule has 0 amide bonds. The monoisotopic (exact) mass is 564 g/mol. The Hall–Kier alpha value is -0.572. The summed E-state index contributed by atoms with van der Waals surface area (Å²) in [5.41, 5.74) is 0.0421. The second kappa shape index (κ2) is 14.4. The molecule has 0 spiro atoms. The first-order chi connectivity index (χ1) is 15.7. The van der Waals surface area contributed by atoms with Crippen LogP contribution in [0.15, 0.2) is 11.1 Å². The zero-order valence-electron chi connectivity index (χ0n) is 24.2. The molecule has 0 aliphatic rings. The molecule has 0 aliphatic carbocycles. The van der Waals surface area contributed by atoms with Gasteiger partial charge >= 0.3 is 20.7 Å². The Morgan fingerprint density at radius 3 is 1.46 bits per heavy atom. The fourth-order valence-corrected chi connectivity index (χ4v) is 18.7. The second-order valence-electron chi connectivity index (χ2n) is 12.4. The third kappa shape index (κ3) is 15.3. The van der Waals surface area contributed by atoms with E-state index in [-0.39, 0.29) is 29.9 Å². The maximum absolute atomic E-state index is 12.2. The molecule has 0 saturated heterocycles. The molecular formula is C24H52O7Si4. The van der Waals surface area contributed by atoms with Crippen molar-refractivity contribution < 1.29 is 32.1 Å². The summed E-state index contributed by atoms with van der Waals surface area (Å²) >= 11 is 0. The van der Waals surface area contributed by atoms with Gasteiger partial charge in [0.1, 0.15) is 0 Å². The molecule has 7 nitrogen and oxygen atoms in total. The van der Waals surface area contributed by atoms with Gasteiger partial charge in [-0.25, -0.2) is 9.59 Å². The van der Waals surface area contributed by atoms with E-state index in [1.807, 2.05) is 6.92 Å². The summed E-state index contributed by atoms with van der Waals surface area (Å²) in [6, 6.07) is 0.489. The van der Waals surface area contributed by atoms with Crippen molar-refractivity contribution in [3.8, 4) is 0 Å². The summed E-state index contributed by atoms with van der Waals surface area (Å²) in [5.74, 6) is -2.11. The second-order valence-corrected chi connectivity index (χ2v) is 29.4. The number of carboxylic acid groups (broad SMARTS) is 2. The number of aliphatic carboxylic acids is 2. The predicted molar refractivity (Wildman–Crippen MR) is 153 cm³/mol. The van der Waals surface area contributed by atoms with Crippen LogP contribution in [0.3, 0.4) is 0 Å². The van der Waals surface area contributed by atoms with E-state index < -0.39 is 45.7 Å². The van der Waals surface area contributed by atoms with Crippen molar-refractivity contribution >= 4 is 45.7 Å². The molecule has 0 saturated carbocycles. The average molecular weight is 565 g/mol. The lowest BCUT2D eigenvalue weighted by Crippen LogP contribution is -2.60. The van der Waals surface area contributed by atoms with Crippen LogP contribution in [0, 0.1) is 5.92 Å². The standard InChI is InChI=1S/C24H52O7Si4/c1-12-14-16-20(13-2)19-22(24(27)28)21(23(25)26)17-15-18-35(29-32(3,4)5,30-33(6,7)8)31-34(9,10)11/h20H,12-19H2,1-11H3,(H,25,26)(H,27,28)/b22-21+. The van der Waals surface area contributed by atoms with Gasteiger partial charge in [-0.05, 0) is 84.1 Å². The molecule has 0 aromatic carbocycles. The molecular weight excluding hydrogens is 513 g/mol. The largest absolute Gasteiger partial charge is 0.478 e. The Kier molecular flexibility index (Phi) is 14.2. The molecule has 0 aromatic heterocycles. The quantitative estimate of drug-likeness (QED) is 0.133. The van der Waals surface area contributed by atoms with E-state index in [1.165, 1.54) is 0 Å². The Morgan fingerprint density at radius 1 is 0.714 bits per heavy atom. The van der Waals surface area contributed by atoms with Crippen LogP contribution < -0.4 is 0 Å². The minimum atomic E-state index is -3.10. The van der Waals surface area contributed by atoms with Crippen molar-refractivity contribution in [1.82, 2.24) is 0 Å². The molecule has 0 aliphatic heterocycles. The summed E-state index contributed by atoms with van der Waals surface area (Å²) in [7, 11) is -9.21. The maximum atomic E-state index is 12.2. The number of carboxylic acids is 2. The van der Waals surface area contributed by atoms with Crippen LogP contribution in [0.25, 0.3) is 0 Å². The van der Waals surface area contributed by atoms with Gasteiger partial charge in [0.25, 0.3) is 0 Å². The van der Waals surface area contributed by atoms with E-state index in [2.05, 4.69) is 65.8 Å². The highest BCUT2D eigenvalue weighted by molar-refractivity contribution is 6.90. The van der Waals surface area contributed by atoms with Gasteiger partial charge in [0, 0.05) is 17.2 Å². The molecule has 0 bridgehead atoms. The number of hydrogen-bond donors (Lipinski definition) is 2. The van der Waals surface area contributed by atoms with E-state index in [9.17, 15) is 19.8 Å². The molecule has 0 heterocycles. The number of rotatable bonds is 18. The molecule has 0 rings (SSSR count). The number of carbonyl (C=O) groups is 2. The average Bonchev–Trinajstić information content (AvgIpc) is 2.61. The third-order valence-corrected chi connectivity index (χ3v) is 17.3. The van der Waals surface area contributed by atoms with Crippen molar-refractivity contribution in [2.45, 2.75) is 124 Å². The van der Waals surface area contributed by atoms with Gasteiger partial charge in [-0.3, -0.25) is 0 Å². The molecule has 0 fully saturated rings. The first-order valence-corrected chi connectivity index (χ1v) is 25.2. The van der Waals surface area contributed by atoms with Crippen molar-refractivity contribution in [2.24, 2.45) is 5.92 Å². The normalized spacial score (nSPS) is 15.1.